The van der Waals surface area contributed by atoms with E-state index in [1.165, 1.54) is 25.9 Å². The molecule has 0 aromatic rings. The summed E-state index contributed by atoms with van der Waals surface area (Å²) in [5.41, 5.74) is 0. The highest BCUT2D eigenvalue weighted by Crippen LogP contribution is 2.10. The first-order chi connectivity index (χ1) is 10.0. The number of ether oxygens (including phenoxy) is 1. The highest BCUT2D eigenvalue weighted by molar-refractivity contribution is 5.89. The van der Waals surface area contributed by atoms with Gasteiger partial charge < -0.3 is 20.3 Å². The Bertz CT molecular complexity index is 311. The van der Waals surface area contributed by atoms with E-state index in [1.54, 1.807) is 7.11 Å². The summed E-state index contributed by atoms with van der Waals surface area (Å²) in [6, 6.07) is 0.779. The summed E-state index contributed by atoms with van der Waals surface area (Å²) < 4.78 is 5.11. The fraction of sp³-hybridized carbons (Fsp3) is 0.714. The molecule has 0 atom stereocenters. The predicted octanol–water partition coefficient (Wildman–Crippen LogP) is 0.419. The second kappa shape index (κ2) is 12.3. The Labute approximate surface area is 125 Å². The molecule has 1 fully saturated rings. The predicted molar refractivity (Wildman–Crippen MR) is 79.4 cm³/mol. The van der Waals surface area contributed by atoms with Gasteiger partial charge in [-0.25, -0.2) is 9.59 Å². The number of carboxylic acid groups (broad SMARTS) is 2. The summed E-state index contributed by atoms with van der Waals surface area (Å²) in [6.07, 6.45) is 3.69. The van der Waals surface area contributed by atoms with Crippen LogP contribution >= 0.6 is 0 Å². The van der Waals surface area contributed by atoms with E-state index in [4.69, 9.17) is 14.9 Å². The van der Waals surface area contributed by atoms with Crippen molar-refractivity contribution < 1.29 is 24.5 Å². The van der Waals surface area contributed by atoms with Gasteiger partial charge in [-0.05, 0) is 32.5 Å². The summed E-state index contributed by atoms with van der Waals surface area (Å²) in [5.74, 6) is -2.51. The van der Waals surface area contributed by atoms with Gasteiger partial charge in [0, 0.05) is 31.8 Å². The molecule has 0 radical (unpaired) electrons. The van der Waals surface area contributed by atoms with Crippen LogP contribution in [0.2, 0.25) is 0 Å². The van der Waals surface area contributed by atoms with Gasteiger partial charge in [0.15, 0.2) is 0 Å². The van der Waals surface area contributed by atoms with E-state index < -0.39 is 11.9 Å². The van der Waals surface area contributed by atoms with Crippen molar-refractivity contribution >= 4 is 11.9 Å². The Balaban J connectivity index is 0.000000433. The van der Waals surface area contributed by atoms with Gasteiger partial charge in [0.05, 0.1) is 6.61 Å². The molecule has 7 heteroatoms. The van der Waals surface area contributed by atoms with Crippen molar-refractivity contribution in [3.63, 3.8) is 0 Å². The normalized spacial score (nSPS) is 15.8. The molecule has 122 valence electrons. The van der Waals surface area contributed by atoms with Gasteiger partial charge in [0.1, 0.15) is 0 Å². The minimum atomic E-state index is -1.26. The quantitative estimate of drug-likeness (QED) is 0.586. The lowest BCUT2D eigenvalue weighted by atomic mass is 10.1. The number of piperidine rings is 1. The zero-order chi connectivity index (χ0) is 16.1. The molecule has 0 bridgehead atoms. The van der Waals surface area contributed by atoms with Crippen LogP contribution in [0.1, 0.15) is 19.8 Å². The molecule has 0 amide bonds. The van der Waals surface area contributed by atoms with Crippen molar-refractivity contribution in [3.8, 4) is 0 Å². The van der Waals surface area contributed by atoms with E-state index in [-0.39, 0.29) is 0 Å². The first kappa shape index (κ1) is 19.6. The van der Waals surface area contributed by atoms with E-state index >= 15 is 0 Å². The van der Waals surface area contributed by atoms with Crippen LogP contribution in [-0.4, -0.2) is 73.0 Å². The number of hydrogen-bond acceptors (Lipinski definition) is 5. The fourth-order valence-electron chi connectivity index (χ4n) is 2.12. The van der Waals surface area contributed by atoms with E-state index in [1.807, 2.05) is 0 Å². The van der Waals surface area contributed by atoms with Gasteiger partial charge in [-0.1, -0.05) is 6.92 Å². The smallest absolute Gasteiger partial charge is 0.328 e. The first-order valence-corrected chi connectivity index (χ1v) is 7.08. The molecule has 0 unspecified atom stereocenters. The second-order valence-electron chi connectivity index (χ2n) is 4.61. The molecule has 3 N–H and O–H groups in total. The Kier molecular flexibility index (Phi) is 11.5. The molecular formula is C14H26N2O5. The van der Waals surface area contributed by atoms with E-state index in [0.717, 1.165) is 25.7 Å². The third-order valence-corrected chi connectivity index (χ3v) is 3.18. The van der Waals surface area contributed by atoms with Crippen LogP contribution in [0.5, 0.6) is 0 Å². The molecule has 1 rings (SSSR count). The maximum Gasteiger partial charge on any atom is 0.328 e. The molecule has 0 aromatic heterocycles. The maximum absolute atomic E-state index is 9.55. The SMILES string of the molecule is CCN(CCOC)C1CCNCC1.O=C(O)C=CC(=O)O. The lowest BCUT2D eigenvalue weighted by molar-refractivity contribution is -0.134. The Morgan fingerprint density at radius 3 is 2.14 bits per heavy atom. The Hall–Kier alpha value is -1.44. The van der Waals surface area contributed by atoms with Gasteiger partial charge >= 0.3 is 11.9 Å². The van der Waals surface area contributed by atoms with Gasteiger partial charge in [-0.15, -0.1) is 0 Å². The van der Waals surface area contributed by atoms with Crippen LogP contribution in [0.25, 0.3) is 0 Å². The Morgan fingerprint density at radius 1 is 1.24 bits per heavy atom. The molecule has 0 aromatic carbocycles. The van der Waals surface area contributed by atoms with Crippen molar-refractivity contribution in [2.24, 2.45) is 0 Å². The third kappa shape index (κ3) is 10.9. The molecule has 7 nitrogen and oxygen atoms in total. The largest absolute Gasteiger partial charge is 0.478 e. The summed E-state index contributed by atoms with van der Waals surface area (Å²) in [7, 11) is 1.77. The lowest BCUT2D eigenvalue weighted by Gasteiger charge is -2.33. The van der Waals surface area contributed by atoms with Crippen LogP contribution in [0.4, 0.5) is 0 Å². The lowest BCUT2D eigenvalue weighted by Crippen LogP contribution is -2.44. The van der Waals surface area contributed by atoms with Crippen LogP contribution in [0, 0.1) is 0 Å². The molecule has 0 spiro atoms. The van der Waals surface area contributed by atoms with E-state index in [0.29, 0.717) is 12.2 Å². The second-order valence-corrected chi connectivity index (χ2v) is 4.61. The van der Waals surface area contributed by atoms with Crippen LogP contribution in [-0.2, 0) is 14.3 Å². The van der Waals surface area contributed by atoms with Crippen LogP contribution in [0.3, 0.4) is 0 Å². The minimum absolute atomic E-state index is 0.558. The van der Waals surface area contributed by atoms with Crippen molar-refractivity contribution in [2.75, 3.05) is 39.9 Å². The third-order valence-electron chi connectivity index (χ3n) is 3.18. The number of carbonyl (C=O) groups is 2. The first-order valence-electron chi connectivity index (χ1n) is 7.08. The average Bonchev–Trinajstić information content (AvgIpc) is 2.48. The number of methoxy groups -OCH3 is 1. The van der Waals surface area contributed by atoms with E-state index in [2.05, 4.69) is 17.1 Å². The minimum Gasteiger partial charge on any atom is -0.478 e. The topological polar surface area (TPSA) is 99.1 Å². The molecule has 1 aliphatic heterocycles. The number of carboxylic acids is 2. The molecule has 1 saturated heterocycles. The van der Waals surface area contributed by atoms with E-state index in [9.17, 15) is 9.59 Å². The molecular weight excluding hydrogens is 276 g/mol. The standard InChI is InChI=1S/C10H22N2O.C4H4O4/c1-3-12(8-9-13-2)10-4-6-11-7-5-10;5-3(6)1-2-4(7)8/h10-11H,3-9H2,1-2H3;1-2H,(H,5,6)(H,7,8). The maximum atomic E-state index is 9.55. The fourth-order valence-corrected chi connectivity index (χ4v) is 2.12. The number of nitrogens with one attached hydrogen (secondary N) is 1. The zero-order valence-electron chi connectivity index (χ0n) is 12.7. The van der Waals surface area contributed by atoms with Crippen molar-refractivity contribution in [2.45, 2.75) is 25.8 Å². The molecule has 1 aliphatic rings. The average molecular weight is 302 g/mol. The number of likely N-dealkylation sites (N-methyl/N-ethyl adjacent to an activating group) is 1. The molecule has 21 heavy (non-hydrogen) atoms. The molecule has 0 aliphatic carbocycles. The van der Waals surface area contributed by atoms with Crippen molar-refractivity contribution in [3.05, 3.63) is 12.2 Å². The van der Waals surface area contributed by atoms with Gasteiger partial charge in [-0.2, -0.15) is 0 Å². The zero-order valence-corrected chi connectivity index (χ0v) is 12.7. The summed E-state index contributed by atoms with van der Waals surface area (Å²) in [6.45, 7) is 7.67. The van der Waals surface area contributed by atoms with Gasteiger partial charge in [-0.3, -0.25) is 4.90 Å². The Morgan fingerprint density at radius 2 is 1.76 bits per heavy atom. The monoisotopic (exact) mass is 302 g/mol. The highest BCUT2D eigenvalue weighted by Gasteiger charge is 2.18. The highest BCUT2D eigenvalue weighted by atomic mass is 16.5. The number of hydrogen-bond donors (Lipinski definition) is 3. The summed E-state index contributed by atoms with van der Waals surface area (Å²) >= 11 is 0. The number of rotatable bonds is 7. The van der Waals surface area contributed by atoms with Crippen molar-refractivity contribution in [1.82, 2.24) is 10.2 Å². The van der Waals surface area contributed by atoms with Crippen LogP contribution in [0.15, 0.2) is 12.2 Å². The number of nitrogens with zero attached hydrogens (tertiary/aromatic N) is 1. The number of aliphatic carboxylic acids is 2. The van der Waals surface area contributed by atoms with Gasteiger partial charge in [0.2, 0.25) is 0 Å². The van der Waals surface area contributed by atoms with Gasteiger partial charge in [0.25, 0.3) is 0 Å². The molecule has 1 heterocycles. The van der Waals surface area contributed by atoms with Crippen molar-refractivity contribution in [1.29, 1.82) is 0 Å². The summed E-state index contributed by atoms with van der Waals surface area (Å²) in [5, 5.41) is 19.0. The molecule has 0 saturated carbocycles. The summed E-state index contributed by atoms with van der Waals surface area (Å²) in [4.78, 5) is 21.6. The van der Waals surface area contributed by atoms with Crippen LogP contribution < -0.4 is 5.32 Å².